The van der Waals surface area contributed by atoms with Crippen LogP contribution < -0.4 is 4.74 Å². The van der Waals surface area contributed by atoms with Crippen LogP contribution in [0, 0.1) is 17.7 Å². The van der Waals surface area contributed by atoms with Gasteiger partial charge >= 0.3 is 0 Å². The molecule has 0 aliphatic rings. The first kappa shape index (κ1) is 13.3. The fourth-order valence-corrected chi connectivity index (χ4v) is 1.67. The largest absolute Gasteiger partial charge is 0.490 e. The number of halogens is 2. The minimum atomic E-state index is -0.369. The second-order valence-corrected chi connectivity index (χ2v) is 4.97. The lowest BCUT2D eigenvalue weighted by Gasteiger charge is -2.24. The van der Waals surface area contributed by atoms with Gasteiger partial charge in [-0.25, -0.2) is 4.39 Å². The molecule has 2 atom stereocenters. The summed E-state index contributed by atoms with van der Waals surface area (Å²) >= 11 is 5.76. The molecule has 1 aromatic rings. The highest BCUT2D eigenvalue weighted by molar-refractivity contribution is 6.30. The highest BCUT2D eigenvalue weighted by Gasteiger charge is 2.17. The van der Waals surface area contributed by atoms with Crippen molar-refractivity contribution in [3.63, 3.8) is 0 Å². The summed E-state index contributed by atoms with van der Waals surface area (Å²) in [7, 11) is 0. The molecule has 0 radical (unpaired) electrons. The monoisotopic (exact) mass is 244 g/mol. The Morgan fingerprint density at radius 1 is 1.12 bits per heavy atom. The smallest absolute Gasteiger partial charge is 0.128 e. The molecule has 0 aliphatic heterocycles. The van der Waals surface area contributed by atoms with Gasteiger partial charge in [-0.2, -0.15) is 0 Å². The molecule has 16 heavy (non-hydrogen) atoms. The van der Waals surface area contributed by atoms with Crippen LogP contribution in [0.2, 0.25) is 5.02 Å². The van der Waals surface area contributed by atoms with Crippen LogP contribution in [0.25, 0.3) is 0 Å². The van der Waals surface area contributed by atoms with Crippen LogP contribution in [0.5, 0.6) is 5.75 Å². The quantitative estimate of drug-likeness (QED) is 0.756. The topological polar surface area (TPSA) is 9.23 Å². The number of benzene rings is 1. The van der Waals surface area contributed by atoms with E-state index in [9.17, 15) is 4.39 Å². The second-order valence-electron chi connectivity index (χ2n) is 4.53. The zero-order valence-electron chi connectivity index (χ0n) is 10.1. The van der Waals surface area contributed by atoms with E-state index in [0.717, 1.165) is 0 Å². The van der Waals surface area contributed by atoms with Crippen molar-refractivity contribution < 1.29 is 9.13 Å². The van der Waals surface area contributed by atoms with E-state index >= 15 is 0 Å². The molecule has 1 nitrogen and oxygen atoms in total. The van der Waals surface area contributed by atoms with Crippen LogP contribution in [-0.2, 0) is 0 Å². The van der Waals surface area contributed by atoms with Crippen molar-refractivity contribution >= 4 is 11.6 Å². The SMILES string of the molecule is CC(C)[C@@H](C)[C@H](C)Oc1cc(F)cc(Cl)c1. The molecule has 0 amide bonds. The summed E-state index contributed by atoms with van der Waals surface area (Å²) < 4.78 is 18.7. The van der Waals surface area contributed by atoms with E-state index in [1.54, 1.807) is 6.07 Å². The lowest BCUT2D eigenvalue weighted by Crippen LogP contribution is -2.25. The second kappa shape index (κ2) is 5.53. The van der Waals surface area contributed by atoms with Gasteiger partial charge in [-0.05, 0) is 30.9 Å². The van der Waals surface area contributed by atoms with E-state index in [2.05, 4.69) is 20.8 Å². The predicted octanol–water partition coefficient (Wildman–Crippen LogP) is 4.54. The first-order chi connectivity index (χ1) is 7.40. The van der Waals surface area contributed by atoms with Crippen LogP contribution in [-0.4, -0.2) is 6.10 Å². The van der Waals surface area contributed by atoms with Gasteiger partial charge in [-0.15, -0.1) is 0 Å². The van der Waals surface area contributed by atoms with Gasteiger partial charge in [0.05, 0.1) is 6.10 Å². The van der Waals surface area contributed by atoms with Crippen LogP contribution >= 0.6 is 11.6 Å². The van der Waals surface area contributed by atoms with Crippen molar-refractivity contribution in [3.8, 4) is 5.75 Å². The summed E-state index contributed by atoms with van der Waals surface area (Å²) in [5.41, 5.74) is 0. The molecule has 0 N–H and O–H groups in total. The van der Waals surface area contributed by atoms with Crippen LogP contribution in [0.4, 0.5) is 4.39 Å². The maximum Gasteiger partial charge on any atom is 0.128 e. The Labute approximate surface area is 102 Å². The number of hydrogen-bond acceptors (Lipinski definition) is 1. The van der Waals surface area contributed by atoms with Gasteiger partial charge in [0, 0.05) is 11.1 Å². The first-order valence-electron chi connectivity index (χ1n) is 5.53. The van der Waals surface area contributed by atoms with E-state index in [1.165, 1.54) is 12.1 Å². The molecular formula is C13H18ClFO. The lowest BCUT2D eigenvalue weighted by atomic mass is 9.93. The molecule has 0 aliphatic carbocycles. The van der Waals surface area contributed by atoms with Gasteiger partial charge in [-0.3, -0.25) is 0 Å². The Morgan fingerprint density at radius 2 is 1.75 bits per heavy atom. The van der Waals surface area contributed by atoms with Gasteiger partial charge < -0.3 is 4.74 Å². The summed E-state index contributed by atoms with van der Waals surface area (Å²) in [5, 5.41) is 0.361. The first-order valence-corrected chi connectivity index (χ1v) is 5.90. The van der Waals surface area contributed by atoms with Gasteiger partial charge in [0.2, 0.25) is 0 Å². The van der Waals surface area contributed by atoms with Crippen LogP contribution in [0.1, 0.15) is 27.7 Å². The molecule has 0 saturated carbocycles. The zero-order valence-corrected chi connectivity index (χ0v) is 10.9. The fraction of sp³-hybridized carbons (Fsp3) is 0.538. The minimum absolute atomic E-state index is 0.0397. The Hall–Kier alpha value is -0.760. The Kier molecular flexibility index (Phi) is 4.60. The molecule has 90 valence electrons. The van der Waals surface area contributed by atoms with Crippen LogP contribution in [0.15, 0.2) is 18.2 Å². The van der Waals surface area contributed by atoms with Crippen molar-refractivity contribution in [3.05, 3.63) is 29.0 Å². The van der Waals surface area contributed by atoms with Gasteiger partial charge in [-0.1, -0.05) is 32.4 Å². The van der Waals surface area contributed by atoms with Crippen molar-refractivity contribution in [1.29, 1.82) is 0 Å². The third-order valence-corrected chi connectivity index (χ3v) is 3.17. The highest BCUT2D eigenvalue weighted by Crippen LogP contribution is 2.24. The standard InChI is InChI=1S/C13H18ClFO/c1-8(2)9(3)10(4)16-13-6-11(14)5-12(15)7-13/h5-10H,1-4H3/t9-,10+/m1/s1. The van der Waals surface area contributed by atoms with Crippen molar-refractivity contribution in [2.45, 2.75) is 33.8 Å². The van der Waals surface area contributed by atoms with E-state index in [-0.39, 0.29) is 11.9 Å². The fourth-order valence-electron chi connectivity index (χ4n) is 1.46. The normalized spacial score (nSPS) is 14.9. The summed E-state index contributed by atoms with van der Waals surface area (Å²) in [6, 6.07) is 4.26. The van der Waals surface area contributed by atoms with E-state index < -0.39 is 0 Å². The molecule has 0 saturated heterocycles. The molecule has 0 fully saturated rings. The maximum absolute atomic E-state index is 13.1. The number of ether oxygens (including phenoxy) is 1. The molecule has 0 unspecified atom stereocenters. The van der Waals surface area contributed by atoms with Gasteiger partial charge in [0.1, 0.15) is 11.6 Å². The van der Waals surface area contributed by atoms with Crippen molar-refractivity contribution in [2.75, 3.05) is 0 Å². The molecule has 0 spiro atoms. The highest BCUT2D eigenvalue weighted by atomic mass is 35.5. The zero-order chi connectivity index (χ0) is 12.3. The maximum atomic E-state index is 13.1. The molecule has 0 bridgehead atoms. The molecule has 0 heterocycles. The van der Waals surface area contributed by atoms with Gasteiger partial charge in [0.15, 0.2) is 0 Å². The minimum Gasteiger partial charge on any atom is -0.490 e. The molecule has 3 heteroatoms. The van der Waals surface area contributed by atoms with Gasteiger partial charge in [0.25, 0.3) is 0 Å². The molecule has 0 aromatic heterocycles. The number of rotatable bonds is 4. The van der Waals surface area contributed by atoms with Crippen molar-refractivity contribution in [2.24, 2.45) is 11.8 Å². The summed E-state index contributed by atoms with van der Waals surface area (Å²) in [6.07, 6.45) is 0.0397. The van der Waals surface area contributed by atoms with E-state index in [1.807, 2.05) is 6.92 Å². The average Bonchev–Trinajstić information content (AvgIpc) is 2.14. The average molecular weight is 245 g/mol. The number of hydrogen-bond donors (Lipinski definition) is 0. The predicted molar refractivity (Wildman–Crippen MR) is 65.5 cm³/mol. The summed E-state index contributed by atoms with van der Waals surface area (Å²) in [6.45, 7) is 8.39. The third kappa shape index (κ3) is 3.67. The summed E-state index contributed by atoms with van der Waals surface area (Å²) in [4.78, 5) is 0. The Balaban J connectivity index is 2.72. The third-order valence-electron chi connectivity index (χ3n) is 2.95. The van der Waals surface area contributed by atoms with E-state index in [0.29, 0.717) is 22.6 Å². The molecule has 1 aromatic carbocycles. The summed E-state index contributed by atoms with van der Waals surface area (Å²) in [5.74, 6) is 1.05. The molecule has 1 rings (SSSR count). The Morgan fingerprint density at radius 3 is 2.25 bits per heavy atom. The van der Waals surface area contributed by atoms with E-state index in [4.69, 9.17) is 16.3 Å². The van der Waals surface area contributed by atoms with Crippen LogP contribution in [0.3, 0.4) is 0 Å². The Bertz CT molecular complexity index is 332. The lowest BCUT2D eigenvalue weighted by molar-refractivity contribution is 0.132. The molecular weight excluding hydrogens is 227 g/mol. The van der Waals surface area contributed by atoms with Crippen molar-refractivity contribution in [1.82, 2.24) is 0 Å².